The van der Waals surface area contributed by atoms with Crippen molar-refractivity contribution in [3.63, 3.8) is 0 Å². The predicted octanol–water partition coefficient (Wildman–Crippen LogP) is 3.75. The van der Waals surface area contributed by atoms with E-state index < -0.39 is 0 Å². The molecule has 0 fully saturated rings. The molecule has 0 unspecified atom stereocenters. The van der Waals surface area contributed by atoms with Crippen LogP contribution in [0.5, 0.6) is 5.75 Å². The molecular weight excluding hydrogens is 314 g/mol. The lowest BCUT2D eigenvalue weighted by Gasteiger charge is -2.10. The number of amides is 1. The van der Waals surface area contributed by atoms with Crippen LogP contribution in [-0.2, 0) is 13.0 Å². The van der Waals surface area contributed by atoms with Crippen molar-refractivity contribution in [3.8, 4) is 5.75 Å². The van der Waals surface area contributed by atoms with Crippen LogP contribution in [0.2, 0.25) is 0 Å². The normalized spacial score (nSPS) is 10.5. The van der Waals surface area contributed by atoms with Crippen LogP contribution in [0.15, 0.2) is 60.8 Å². The lowest BCUT2D eigenvalue weighted by atomic mass is 10.1. The number of anilines is 1. The fraction of sp³-hybridized carbons (Fsp3) is 0.200. The standard InChI is InChI=1S/C20H21N3O2/c1-3-15-7-9-16(10-8-15)14-23-19(11-12-21-23)22-20(24)17-5-4-6-18(13-17)25-2/h4-13H,3,14H2,1-2H3,(H,22,24). The minimum Gasteiger partial charge on any atom is -0.497 e. The van der Waals surface area contributed by atoms with Crippen LogP contribution in [-0.4, -0.2) is 22.8 Å². The second-order valence-corrected chi connectivity index (χ2v) is 5.73. The molecule has 1 heterocycles. The van der Waals surface area contributed by atoms with Gasteiger partial charge < -0.3 is 10.1 Å². The van der Waals surface area contributed by atoms with Crippen molar-refractivity contribution in [2.45, 2.75) is 19.9 Å². The number of aromatic nitrogens is 2. The van der Waals surface area contributed by atoms with E-state index in [2.05, 4.69) is 41.6 Å². The average Bonchev–Trinajstić information content (AvgIpc) is 3.09. The molecule has 0 radical (unpaired) electrons. The van der Waals surface area contributed by atoms with Crippen molar-refractivity contribution in [1.82, 2.24) is 9.78 Å². The third-order valence-electron chi connectivity index (χ3n) is 4.05. The Bertz CT molecular complexity index is 853. The van der Waals surface area contributed by atoms with E-state index in [1.807, 2.05) is 0 Å². The van der Waals surface area contributed by atoms with Gasteiger partial charge in [-0.3, -0.25) is 4.79 Å². The molecule has 5 nitrogen and oxygen atoms in total. The van der Waals surface area contributed by atoms with Crippen molar-refractivity contribution in [2.75, 3.05) is 12.4 Å². The minimum absolute atomic E-state index is 0.193. The summed E-state index contributed by atoms with van der Waals surface area (Å²) in [5.41, 5.74) is 2.98. The van der Waals surface area contributed by atoms with E-state index in [0.29, 0.717) is 23.7 Å². The largest absolute Gasteiger partial charge is 0.497 e. The highest BCUT2D eigenvalue weighted by molar-refractivity contribution is 6.04. The van der Waals surface area contributed by atoms with Crippen molar-refractivity contribution >= 4 is 11.7 Å². The molecule has 0 saturated carbocycles. The Kier molecular flexibility index (Phi) is 5.14. The number of carbonyl (C=O) groups is 1. The molecular formula is C20H21N3O2. The SMILES string of the molecule is CCc1ccc(Cn2nccc2NC(=O)c2cccc(OC)c2)cc1. The molecule has 128 valence electrons. The molecule has 1 N–H and O–H groups in total. The van der Waals surface area contributed by atoms with Crippen LogP contribution in [0.4, 0.5) is 5.82 Å². The van der Waals surface area contributed by atoms with Crippen molar-refractivity contribution in [1.29, 1.82) is 0 Å². The van der Waals surface area contributed by atoms with Gasteiger partial charge in [0, 0.05) is 11.6 Å². The summed E-state index contributed by atoms with van der Waals surface area (Å²) in [7, 11) is 1.58. The van der Waals surface area contributed by atoms with Crippen LogP contribution in [0, 0.1) is 0 Å². The molecule has 3 aromatic rings. The Morgan fingerprint density at radius 2 is 1.88 bits per heavy atom. The molecule has 3 rings (SSSR count). The zero-order valence-corrected chi connectivity index (χ0v) is 14.4. The number of nitrogens with one attached hydrogen (secondary N) is 1. The number of hydrogen-bond donors (Lipinski definition) is 1. The topological polar surface area (TPSA) is 56.2 Å². The smallest absolute Gasteiger partial charge is 0.256 e. The monoisotopic (exact) mass is 335 g/mol. The third-order valence-corrected chi connectivity index (χ3v) is 4.05. The van der Waals surface area contributed by atoms with E-state index in [1.165, 1.54) is 5.56 Å². The molecule has 0 bridgehead atoms. The molecule has 0 spiro atoms. The highest BCUT2D eigenvalue weighted by Gasteiger charge is 2.10. The number of ether oxygens (including phenoxy) is 1. The maximum atomic E-state index is 12.5. The Labute approximate surface area is 147 Å². The highest BCUT2D eigenvalue weighted by Crippen LogP contribution is 2.16. The van der Waals surface area contributed by atoms with E-state index in [9.17, 15) is 4.79 Å². The van der Waals surface area contributed by atoms with E-state index in [0.717, 1.165) is 12.0 Å². The maximum absolute atomic E-state index is 12.5. The molecule has 0 aliphatic carbocycles. The quantitative estimate of drug-likeness (QED) is 0.746. The van der Waals surface area contributed by atoms with Crippen LogP contribution < -0.4 is 10.1 Å². The summed E-state index contributed by atoms with van der Waals surface area (Å²) >= 11 is 0. The second-order valence-electron chi connectivity index (χ2n) is 5.73. The van der Waals surface area contributed by atoms with Gasteiger partial charge in [0.05, 0.1) is 19.9 Å². The van der Waals surface area contributed by atoms with E-state index in [1.54, 1.807) is 48.3 Å². The second kappa shape index (κ2) is 7.66. The van der Waals surface area contributed by atoms with Gasteiger partial charge in [0.2, 0.25) is 0 Å². The summed E-state index contributed by atoms with van der Waals surface area (Å²) < 4.78 is 6.94. The van der Waals surface area contributed by atoms with Gasteiger partial charge in [0.25, 0.3) is 5.91 Å². The van der Waals surface area contributed by atoms with Gasteiger partial charge in [-0.05, 0) is 35.7 Å². The number of carbonyl (C=O) groups excluding carboxylic acids is 1. The van der Waals surface area contributed by atoms with E-state index in [-0.39, 0.29) is 5.91 Å². The van der Waals surface area contributed by atoms with Gasteiger partial charge >= 0.3 is 0 Å². The summed E-state index contributed by atoms with van der Waals surface area (Å²) in [6.45, 7) is 2.74. The van der Waals surface area contributed by atoms with E-state index >= 15 is 0 Å². The van der Waals surface area contributed by atoms with Crippen LogP contribution in [0.1, 0.15) is 28.4 Å². The van der Waals surface area contributed by atoms with Gasteiger partial charge in [-0.1, -0.05) is 37.3 Å². The molecule has 0 aliphatic rings. The van der Waals surface area contributed by atoms with Gasteiger partial charge in [-0.2, -0.15) is 5.10 Å². The van der Waals surface area contributed by atoms with Gasteiger partial charge in [-0.15, -0.1) is 0 Å². The number of aryl methyl sites for hydroxylation is 1. The van der Waals surface area contributed by atoms with Crippen LogP contribution in [0.3, 0.4) is 0 Å². The third kappa shape index (κ3) is 4.07. The molecule has 2 aromatic carbocycles. The molecule has 0 aliphatic heterocycles. The molecule has 5 heteroatoms. The fourth-order valence-electron chi connectivity index (χ4n) is 2.57. The van der Waals surface area contributed by atoms with Crippen molar-refractivity contribution in [3.05, 3.63) is 77.5 Å². The fourth-order valence-corrected chi connectivity index (χ4v) is 2.57. The number of rotatable bonds is 6. The van der Waals surface area contributed by atoms with Crippen LogP contribution in [0.25, 0.3) is 0 Å². The molecule has 1 aromatic heterocycles. The zero-order chi connectivity index (χ0) is 17.6. The number of nitrogens with zero attached hydrogens (tertiary/aromatic N) is 2. The lowest BCUT2D eigenvalue weighted by molar-refractivity contribution is 0.102. The van der Waals surface area contributed by atoms with Crippen molar-refractivity contribution < 1.29 is 9.53 Å². The Hall–Kier alpha value is -3.08. The summed E-state index contributed by atoms with van der Waals surface area (Å²) in [5.74, 6) is 1.12. The first-order chi connectivity index (χ1) is 12.2. The van der Waals surface area contributed by atoms with Gasteiger partial charge in [0.15, 0.2) is 0 Å². The Morgan fingerprint density at radius 3 is 2.60 bits per heavy atom. The van der Waals surface area contributed by atoms with Gasteiger partial charge in [0.1, 0.15) is 11.6 Å². The molecule has 0 saturated heterocycles. The molecule has 25 heavy (non-hydrogen) atoms. The number of hydrogen-bond acceptors (Lipinski definition) is 3. The molecule has 0 atom stereocenters. The Balaban J connectivity index is 1.73. The number of methoxy groups -OCH3 is 1. The summed E-state index contributed by atoms with van der Waals surface area (Å²) in [4.78, 5) is 12.5. The van der Waals surface area contributed by atoms with E-state index in [4.69, 9.17) is 4.74 Å². The minimum atomic E-state index is -0.193. The number of benzene rings is 2. The zero-order valence-electron chi connectivity index (χ0n) is 14.4. The maximum Gasteiger partial charge on any atom is 0.256 e. The van der Waals surface area contributed by atoms with Crippen molar-refractivity contribution in [2.24, 2.45) is 0 Å². The van der Waals surface area contributed by atoms with Gasteiger partial charge in [-0.25, -0.2) is 4.68 Å². The Morgan fingerprint density at radius 1 is 1.12 bits per heavy atom. The highest BCUT2D eigenvalue weighted by atomic mass is 16.5. The first-order valence-electron chi connectivity index (χ1n) is 8.24. The molecule has 1 amide bonds. The first-order valence-corrected chi connectivity index (χ1v) is 8.24. The predicted molar refractivity (Wildman–Crippen MR) is 98.1 cm³/mol. The summed E-state index contributed by atoms with van der Waals surface area (Å²) in [5, 5.41) is 7.22. The summed E-state index contributed by atoms with van der Waals surface area (Å²) in [6.07, 6.45) is 2.70. The summed E-state index contributed by atoms with van der Waals surface area (Å²) in [6, 6.07) is 17.3. The van der Waals surface area contributed by atoms with Crippen LogP contribution >= 0.6 is 0 Å². The average molecular weight is 335 g/mol. The first kappa shape index (κ1) is 16.8. The lowest BCUT2D eigenvalue weighted by Crippen LogP contribution is -2.16.